The number of allylic oxidation sites excluding steroid dienone is 6. The number of unbranched alkanes of at least 4 members (excludes halogenated alkanes) is 7. The molecule has 1 unspecified atom stereocenters. The van der Waals surface area contributed by atoms with E-state index in [1.54, 1.807) is 0 Å². The lowest BCUT2D eigenvalue weighted by Gasteiger charge is -2.15. The van der Waals surface area contributed by atoms with E-state index in [0.29, 0.717) is 6.42 Å². The molecule has 0 rings (SSSR count). The number of phosphoric acid groups is 1. The minimum Gasteiger partial charge on any atom is -0.463 e. The number of ether oxygens (including phenoxy) is 1. The van der Waals surface area contributed by atoms with E-state index < -0.39 is 26.5 Å². The highest BCUT2D eigenvalue weighted by molar-refractivity contribution is 7.47. The minimum atomic E-state index is -4.25. The van der Waals surface area contributed by atoms with Gasteiger partial charge in [-0.2, -0.15) is 0 Å². The van der Waals surface area contributed by atoms with Crippen LogP contribution in [-0.4, -0.2) is 48.4 Å². The van der Waals surface area contributed by atoms with Gasteiger partial charge < -0.3 is 20.5 Å². The van der Waals surface area contributed by atoms with Crippen LogP contribution in [0.5, 0.6) is 0 Å². The normalized spacial score (nSPS) is 14.8. The van der Waals surface area contributed by atoms with Crippen LogP contribution in [0.15, 0.2) is 36.5 Å². The average molecular weight is 504 g/mol. The maximum absolute atomic E-state index is 11.7. The number of carbonyl (C=O) groups excluding carboxylic acids is 1. The molecule has 2 atom stereocenters. The van der Waals surface area contributed by atoms with Crippen LogP contribution in [0.2, 0.25) is 0 Å². The van der Waals surface area contributed by atoms with Gasteiger partial charge in [0.25, 0.3) is 0 Å². The molecule has 0 radical (unpaired) electrons. The molecule has 0 saturated carbocycles. The van der Waals surface area contributed by atoms with Gasteiger partial charge in [0.15, 0.2) is 0 Å². The zero-order valence-corrected chi connectivity index (χ0v) is 21.7. The predicted molar refractivity (Wildman–Crippen MR) is 136 cm³/mol. The Morgan fingerprint density at radius 3 is 2.12 bits per heavy atom. The van der Waals surface area contributed by atoms with E-state index >= 15 is 0 Å². The summed E-state index contributed by atoms with van der Waals surface area (Å²) in [6.07, 6.45) is 24.2. The number of aliphatic hydroxyl groups excluding tert-OH is 1. The summed E-state index contributed by atoms with van der Waals surface area (Å²) in [7, 11) is -4.25. The Morgan fingerprint density at radius 1 is 0.882 bits per heavy atom. The Bertz CT molecular complexity index is 622. The summed E-state index contributed by atoms with van der Waals surface area (Å²) >= 11 is 0. The van der Waals surface area contributed by atoms with Gasteiger partial charge in [0.2, 0.25) is 0 Å². The van der Waals surface area contributed by atoms with Crippen molar-refractivity contribution < 1.29 is 33.1 Å². The summed E-state index contributed by atoms with van der Waals surface area (Å²) in [5, 5.41) is 9.68. The first-order chi connectivity index (χ1) is 16.4. The molecule has 0 saturated heterocycles. The molecule has 0 fully saturated rings. The molecule has 0 aliphatic heterocycles. The summed E-state index contributed by atoms with van der Waals surface area (Å²) in [6.45, 7) is 1.31. The lowest BCUT2D eigenvalue weighted by molar-refractivity contribution is -0.147. The second kappa shape index (κ2) is 23.5. The molecule has 8 nitrogen and oxygen atoms in total. The zero-order chi connectivity index (χ0) is 25.3. The third-order valence-electron chi connectivity index (χ3n) is 4.77. The van der Waals surface area contributed by atoms with Crippen LogP contribution in [0.1, 0.15) is 84.0 Å². The number of nitrogens with two attached hydrogens (primary N) is 1. The SMILES string of the molecule is CCC=CCC=CCC=CCCCCCCCCCC(=O)OC[C@@H](O)COP(=O)(O)OCCN. The standard InChI is InChI=1S/C25H46NO7P/c1-2-3-4-5-6-7-8-9-10-11-12-13-14-15-16-17-18-19-25(28)31-22-24(27)23-33-34(29,30)32-21-20-26/h3-4,6-7,9-10,24,27H,2,5,8,11-23,26H2,1H3,(H,29,30)/t24-/m1/s1. The second-order valence-corrected chi connectivity index (χ2v) is 9.48. The smallest absolute Gasteiger partial charge is 0.463 e. The van der Waals surface area contributed by atoms with E-state index in [1.165, 1.54) is 19.3 Å². The van der Waals surface area contributed by atoms with Gasteiger partial charge in [-0.3, -0.25) is 13.8 Å². The van der Waals surface area contributed by atoms with Crippen LogP contribution >= 0.6 is 7.82 Å². The second-order valence-electron chi connectivity index (χ2n) is 8.03. The summed E-state index contributed by atoms with van der Waals surface area (Å²) in [6, 6.07) is 0. The van der Waals surface area contributed by atoms with Crippen molar-refractivity contribution in [2.24, 2.45) is 5.73 Å². The molecule has 198 valence electrons. The Balaban J connectivity index is 3.51. The predicted octanol–water partition coefficient (Wildman–Crippen LogP) is 5.35. The van der Waals surface area contributed by atoms with Crippen LogP contribution < -0.4 is 5.73 Å². The topological polar surface area (TPSA) is 128 Å². The van der Waals surface area contributed by atoms with Crippen molar-refractivity contribution in [3.63, 3.8) is 0 Å². The van der Waals surface area contributed by atoms with Gasteiger partial charge in [-0.15, -0.1) is 0 Å². The lowest BCUT2D eigenvalue weighted by atomic mass is 10.1. The van der Waals surface area contributed by atoms with Crippen molar-refractivity contribution in [3.8, 4) is 0 Å². The van der Waals surface area contributed by atoms with Crippen LogP contribution in [0.3, 0.4) is 0 Å². The maximum atomic E-state index is 11.7. The van der Waals surface area contributed by atoms with Crippen molar-refractivity contribution in [1.82, 2.24) is 0 Å². The van der Waals surface area contributed by atoms with Gasteiger partial charge in [-0.05, 0) is 38.5 Å². The largest absolute Gasteiger partial charge is 0.472 e. The number of carbonyl (C=O) groups is 1. The summed E-state index contributed by atoms with van der Waals surface area (Å²) in [4.78, 5) is 21.0. The van der Waals surface area contributed by atoms with Crippen LogP contribution in [0.4, 0.5) is 0 Å². The molecule has 0 aromatic rings. The van der Waals surface area contributed by atoms with Crippen LogP contribution in [0.25, 0.3) is 0 Å². The fourth-order valence-electron chi connectivity index (χ4n) is 2.94. The van der Waals surface area contributed by atoms with Crippen molar-refractivity contribution in [3.05, 3.63) is 36.5 Å². The first-order valence-corrected chi connectivity index (χ1v) is 14.0. The van der Waals surface area contributed by atoms with Crippen molar-refractivity contribution in [2.45, 2.75) is 90.1 Å². The van der Waals surface area contributed by atoms with Crippen molar-refractivity contribution in [1.29, 1.82) is 0 Å². The van der Waals surface area contributed by atoms with E-state index in [-0.39, 0.29) is 19.8 Å². The highest BCUT2D eigenvalue weighted by Gasteiger charge is 2.22. The molecule has 0 amide bonds. The van der Waals surface area contributed by atoms with Crippen molar-refractivity contribution in [2.75, 3.05) is 26.4 Å². The molecule has 0 heterocycles. The molecular formula is C25H46NO7P. The zero-order valence-electron chi connectivity index (χ0n) is 20.8. The van der Waals surface area contributed by atoms with Crippen LogP contribution in [-0.2, 0) is 23.1 Å². The molecule has 0 aromatic carbocycles. The molecule has 34 heavy (non-hydrogen) atoms. The summed E-state index contributed by atoms with van der Waals surface area (Å²) in [5.74, 6) is -0.398. The van der Waals surface area contributed by atoms with Gasteiger partial charge in [-0.25, -0.2) is 4.57 Å². The molecule has 9 heteroatoms. The van der Waals surface area contributed by atoms with Gasteiger partial charge >= 0.3 is 13.8 Å². The quantitative estimate of drug-likeness (QED) is 0.0736. The van der Waals surface area contributed by atoms with Gasteiger partial charge in [0, 0.05) is 13.0 Å². The van der Waals surface area contributed by atoms with E-state index in [0.717, 1.165) is 51.4 Å². The van der Waals surface area contributed by atoms with Crippen LogP contribution in [0, 0.1) is 0 Å². The molecule has 0 aliphatic carbocycles. The number of aliphatic hydroxyl groups is 1. The maximum Gasteiger partial charge on any atom is 0.472 e. The Hall–Kier alpha value is -1.28. The molecule has 0 aliphatic rings. The highest BCUT2D eigenvalue weighted by atomic mass is 31.2. The van der Waals surface area contributed by atoms with E-state index in [2.05, 4.69) is 52.4 Å². The number of hydrogen-bond acceptors (Lipinski definition) is 7. The Labute approximate surface area is 205 Å². The van der Waals surface area contributed by atoms with Gasteiger partial charge in [-0.1, -0.05) is 75.5 Å². The fraction of sp³-hybridized carbons (Fsp3) is 0.720. The Kier molecular flexibility index (Phi) is 22.6. The first kappa shape index (κ1) is 32.7. The van der Waals surface area contributed by atoms with E-state index in [4.69, 9.17) is 10.5 Å². The summed E-state index contributed by atoms with van der Waals surface area (Å²) < 4.78 is 25.5. The number of hydrogen-bond donors (Lipinski definition) is 3. The minimum absolute atomic E-state index is 0.0712. The Morgan fingerprint density at radius 2 is 1.47 bits per heavy atom. The fourth-order valence-corrected chi connectivity index (χ4v) is 3.71. The molecule has 0 bridgehead atoms. The third-order valence-corrected chi connectivity index (χ3v) is 5.76. The van der Waals surface area contributed by atoms with Gasteiger partial charge in [0.1, 0.15) is 12.7 Å². The number of rotatable bonds is 23. The lowest BCUT2D eigenvalue weighted by Crippen LogP contribution is -2.23. The molecule has 4 N–H and O–H groups in total. The monoisotopic (exact) mass is 503 g/mol. The summed E-state index contributed by atoms with van der Waals surface area (Å²) in [5.41, 5.74) is 5.17. The van der Waals surface area contributed by atoms with Gasteiger partial charge in [0.05, 0.1) is 13.2 Å². The van der Waals surface area contributed by atoms with Crippen molar-refractivity contribution >= 4 is 13.8 Å². The highest BCUT2D eigenvalue weighted by Crippen LogP contribution is 2.42. The molecule has 0 spiro atoms. The average Bonchev–Trinajstić information content (AvgIpc) is 2.82. The molecular weight excluding hydrogens is 457 g/mol. The number of esters is 1. The third kappa shape index (κ3) is 23.9. The van der Waals surface area contributed by atoms with E-state index in [1.807, 2.05) is 0 Å². The van der Waals surface area contributed by atoms with E-state index in [9.17, 15) is 19.4 Å². The first-order valence-electron chi connectivity index (χ1n) is 12.5. The number of phosphoric ester groups is 1. The molecule has 0 aromatic heterocycles.